The molecule has 4 nitrogen and oxygen atoms in total. The smallest absolute Gasteiger partial charge is 0.216 e. The van der Waals surface area contributed by atoms with E-state index in [-0.39, 0.29) is 12.2 Å². The molecule has 1 aromatic carbocycles. The number of hydrogen-bond donors (Lipinski definition) is 0. The Morgan fingerprint density at radius 1 is 1.26 bits per heavy atom. The molecule has 0 N–H and O–H groups in total. The SMILES string of the molecule is COc1cc(CC(=O)c2ccc(SC)cc2)ncn1. The summed E-state index contributed by atoms with van der Waals surface area (Å²) in [5.41, 5.74) is 1.35. The van der Waals surface area contributed by atoms with E-state index in [2.05, 4.69) is 9.97 Å². The summed E-state index contributed by atoms with van der Waals surface area (Å²) in [5.74, 6) is 0.504. The van der Waals surface area contributed by atoms with Gasteiger partial charge in [0, 0.05) is 16.5 Å². The lowest BCUT2D eigenvalue weighted by atomic mass is 10.1. The van der Waals surface area contributed by atoms with Crippen molar-refractivity contribution in [3.8, 4) is 5.88 Å². The summed E-state index contributed by atoms with van der Waals surface area (Å²) in [7, 11) is 1.54. The summed E-state index contributed by atoms with van der Waals surface area (Å²) in [6.45, 7) is 0. The molecule has 0 radical (unpaired) electrons. The first-order valence-corrected chi connectivity index (χ1v) is 6.97. The molecule has 0 amide bonds. The lowest BCUT2D eigenvalue weighted by molar-refractivity contribution is 0.0992. The predicted molar refractivity (Wildman–Crippen MR) is 74.8 cm³/mol. The lowest BCUT2D eigenvalue weighted by Crippen LogP contribution is -2.05. The van der Waals surface area contributed by atoms with Gasteiger partial charge in [-0.3, -0.25) is 4.79 Å². The Bertz CT molecular complexity index is 570. The molecule has 0 bridgehead atoms. The fraction of sp³-hybridized carbons (Fsp3) is 0.214. The third-order valence-electron chi connectivity index (χ3n) is 2.66. The molecule has 0 unspecified atom stereocenters. The van der Waals surface area contributed by atoms with Crippen molar-refractivity contribution >= 4 is 17.5 Å². The molecule has 0 fully saturated rings. The van der Waals surface area contributed by atoms with Crippen LogP contribution in [0.1, 0.15) is 16.1 Å². The number of hydrogen-bond acceptors (Lipinski definition) is 5. The third-order valence-corrected chi connectivity index (χ3v) is 3.40. The van der Waals surface area contributed by atoms with E-state index in [1.807, 2.05) is 30.5 Å². The maximum atomic E-state index is 12.1. The van der Waals surface area contributed by atoms with Crippen LogP contribution in [-0.2, 0) is 6.42 Å². The van der Waals surface area contributed by atoms with Crippen LogP contribution < -0.4 is 4.74 Å². The number of carbonyl (C=O) groups excluding carboxylic acids is 1. The molecule has 98 valence electrons. The van der Waals surface area contributed by atoms with Crippen molar-refractivity contribution in [2.45, 2.75) is 11.3 Å². The summed E-state index contributed by atoms with van der Waals surface area (Å²) in [6.07, 6.45) is 3.65. The van der Waals surface area contributed by atoms with Crippen LogP contribution in [0.3, 0.4) is 0 Å². The number of nitrogens with zero attached hydrogens (tertiary/aromatic N) is 2. The summed E-state index contributed by atoms with van der Waals surface area (Å²) in [6, 6.07) is 9.24. The minimum Gasteiger partial charge on any atom is -0.481 e. The molecule has 19 heavy (non-hydrogen) atoms. The molecule has 5 heteroatoms. The second kappa shape index (κ2) is 6.33. The number of benzene rings is 1. The zero-order valence-corrected chi connectivity index (χ0v) is 11.6. The first kappa shape index (κ1) is 13.5. The predicted octanol–water partition coefficient (Wildman–Crippen LogP) is 2.63. The molecule has 0 aliphatic rings. The van der Waals surface area contributed by atoms with Crippen LogP contribution in [0.5, 0.6) is 5.88 Å². The van der Waals surface area contributed by atoms with E-state index in [0.717, 1.165) is 4.90 Å². The lowest BCUT2D eigenvalue weighted by Gasteiger charge is -2.03. The largest absolute Gasteiger partial charge is 0.481 e. The van der Waals surface area contributed by atoms with Crippen molar-refractivity contribution < 1.29 is 9.53 Å². The minimum absolute atomic E-state index is 0.0356. The van der Waals surface area contributed by atoms with Crippen molar-refractivity contribution in [1.82, 2.24) is 9.97 Å². The van der Waals surface area contributed by atoms with Crippen LogP contribution >= 0.6 is 11.8 Å². The molecule has 0 saturated heterocycles. The standard InChI is InChI=1S/C14H14N2O2S/c1-18-14-8-11(15-9-16-14)7-13(17)10-3-5-12(19-2)6-4-10/h3-6,8-9H,7H2,1-2H3. The summed E-state index contributed by atoms with van der Waals surface area (Å²) >= 11 is 1.65. The van der Waals surface area contributed by atoms with Gasteiger partial charge in [0.05, 0.1) is 19.2 Å². The zero-order chi connectivity index (χ0) is 13.7. The molecule has 2 rings (SSSR count). The topological polar surface area (TPSA) is 52.1 Å². The molecule has 0 aliphatic carbocycles. The zero-order valence-electron chi connectivity index (χ0n) is 10.8. The van der Waals surface area contributed by atoms with Gasteiger partial charge in [0.15, 0.2) is 5.78 Å². The molecule has 0 aliphatic heterocycles. The Morgan fingerprint density at radius 2 is 2.00 bits per heavy atom. The second-order valence-corrected chi connectivity index (χ2v) is 4.76. The Morgan fingerprint density at radius 3 is 2.63 bits per heavy atom. The number of Topliss-reactive ketones (excluding diaryl/α,β-unsaturated/α-hetero) is 1. The number of carbonyl (C=O) groups is 1. The number of rotatable bonds is 5. The number of aromatic nitrogens is 2. The fourth-order valence-corrected chi connectivity index (χ4v) is 2.04. The van der Waals surface area contributed by atoms with Crippen molar-refractivity contribution in [3.63, 3.8) is 0 Å². The van der Waals surface area contributed by atoms with Crippen LogP contribution in [0.4, 0.5) is 0 Å². The van der Waals surface area contributed by atoms with Crippen molar-refractivity contribution in [1.29, 1.82) is 0 Å². The van der Waals surface area contributed by atoms with E-state index in [9.17, 15) is 4.79 Å². The average Bonchev–Trinajstić information content (AvgIpc) is 2.47. The van der Waals surface area contributed by atoms with Crippen molar-refractivity contribution in [3.05, 3.63) is 47.9 Å². The molecule has 0 spiro atoms. The van der Waals surface area contributed by atoms with Crippen LogP contribution in [0, 0.1) is 0 Å². The Kier molecular flexibility index (Phi) is 4.52. The van der Waals surface area contributed by atoms with Gasteiger partial charge < -0.3 is 4.74 Å². The number of thioether (sulfide) groups is 1. The van der Waals surface area contributed by atoms with Crippen LogP contribution in [0.15, 0.2) is 41.6 Å². The summed E-state index contributed by atoms with van der Waals surface area (Å²) in [5, 5.41) is 0. The van der Waals surface area contributed by atoms with Crippen molar-refractivity contribution in [2.24, 2.45) is 0 Å². The van der Waals surface area contributed by atoms with E-state index < -0.39 is 0 Å². The Hall–Kier alpha value is -1.88. The van der Waals surface area contributed by atoms with E-state index in [4.69, 9.17) is 4.74 Å². The van der Waals surface area contributed by atoms with E-state index in [0.29, 0.717) is 17.1 Å². The maximum Gasteiger partial charge on any atom is 0.216 e. The van der Waals surface area contributed by atoms with Gasteiger partial charge in [0.2, 0.25) is 5.88 Å². The van der Waals surface area contributed by atoms with E-state index in [1.165, 1.54) is 13.4 Å². The van der Waals surface area contributed by atoms with Gasteiger partial charge in [0.1, 0.15) is 6.33 Å². The molecular weight excluding hydrogens is 260 g/mol. The molecule has 1 heterocycles. The van der Waals surface area contributed by atoms with E-state index in [1.54, 1.807) is 17.8 Å². The highest BCUT2D eigenvalue weighted by Gasteiger charge is 2.09. The second-order valence-electron chi connectivity index (χ2n) is 3.88. The monoisotopic (exact) mass is 274 g/mol. The van der Waals surface area contributed by atoms with Crippen LogP contribution in [0.25, 0.3) is 0 Å². The third kappa shape index (κ3) is 3.54. The van der Waals surface area contributed by atoms with Gasteiger partial charge in [-0.05, 0) is 18.4 Å². The highest BCUT2D eigenvalue weighted by Crippen LogP contribution is 2.16. The van der Waals surface area contributed by atoms with Gasteiger partial charge in [0.25, 0.3) is 0 Å². The van der Waals surface area contributed by atoms with Gasteiger partial charge in [-0.25, -0.2) is 9.97 Å². The van der Waals surface area contributed by atoms with Crippen LogP contribution in [0.2, 0.25) is 0 Å². The average molecular weight is 274 g/mol. The minimum atomic E-state index is 0.0356. The van der Waals surface area contributed by atoms with Gasteiger partial charge in [-0.15, -0.1) is 11.8 Å². The summed E-state index contributed by atoms with van der Waals surface area (Å²) in [4.78, 5) is 21.2. The van der Waals surface area contributed by atoms with E-state index >= 15 is 0 Å². The van der Waals surface area contributed by atoms with Crippen molar-refractivity contribution in [2.75, 3.05) is 13.4 Å². The number of ketones is 1. The Labute approximate surface area is 116 Å². The van der Waals surface area contributed by atoms with Gasteiger partial charge in [-0.1, -0.05) is 12.1 Å². The summed E-state index contributed by atoms with van der Waals surface area (Å²) < 4.78 is 5.01. The molecule has 0 saturated carbocycles. The maximum absolute atomic E-state index is 12.1. The number of methoxy groups -OCH3 is 1. The quantitative estimate of drug-likeness (QED) is 0.619. The normalized spacial score (nSPS) is 10.2. The van der Waals surface area contributed by atoms with Gasteiger partial charge in [-0.2, -0.15) is 0 Å². The molecule has 2 aromatic rings. The fourth-order valence-electron chi connectivity index (χ4n) is 1.63. The highest BCUT2D eigenvalue weighted by atomic mass is 32.2. The highest BCUT2D eigenvalue weighted by molar-refractivity contribution is 7.98. The molecule has 1 aromatic heterocycles. The molecule has 0 atom stereocenters. The first-order valence-electron chi connectivity index (χ1n) is 5.75. The first-order chi connectivity index (χ1) is 9.22. The van der Waals surface area contributed by atoms with Gasteiger partial charge >= 0.3 is 0 Å². The Balaban J connectivity index is 2.11. The van der Waals surface area contributed by atoms with Crippen LogP contribution in [-0.4, -0.2) is 29.1 Å². The molecular formula is C14H14N2O2S. The number of ether oxygens (including phenoxy) is 1.